The summed E-state index contributed by atoms with van der Waals surface area (Å²) in [5, 5.41) is 30.6. The van der Waals surface area contributed by atoms with Crippen LogP contribution in [0.2, 0.25) is 0 Å². The van der Waals surface area contributed by atoms with Gasteiger partial charge in [0.1, 0.15) is 6.10 Å². The first-order valence-corrected chi connectivity index (χ1v) is 7.67. The van der Waals surface area contributed by atoms with Gasteiger partial charge in [0.25, 0.3) is 0 Å². The zero-order chi connectivity index (χ0) is 17.5. The second kappa shape index (κ2) is 7.98. The Morgan fingerprint density at radius 3 is 2.44 bits per heavy atom. The largest absolute Gasteiger partial charge is 0.775 e. The van der Waals surface area contributed by atoms with E-state index in [9.17, 15) is 10.3 Å². The predicted octanol–water partition coefficient (Wildman–Crippen LogP) is 3.45. The average molecular weight is 336 g/mol. The molecule has 0 bridgehead atoms. The van der Waals surface area contributed by atoms with E-state index in [1.807, 2.05) is 66.7 Å². The van der Waals surface area contributed by atoms with Crippen LogP contribution in [0.4, 0.5) is 5.88 Å². The van der Waals surface area contributed by atoms with Crippen molar-refractivity contribution in [2.75, 3.05) is 0 Å². The maximum atomic E-state index is 10.5. The molecule has 1 unspecified atom stereocenters. The van der Waals surface area contributed by atoms with Gasteiger partial charge >= 0.3 is 11.6 Å². The minimum atomic E-state index is -0.780. The van der Waals surface area contributed by atoms with Crippen molar-refractivity contribution in [1.29, 1.82) is 0 Å². The van der Waals surface area contributed by atoms with Gasteiger partial charge in [-0.05, 0) is 21.9 Å². The number of rotatable bonds is 6. The molecule has 0 aliphatic carbocycles. The van der Waals surface area contributed by atoms with Crippen molar-refractivity contribution in [2.45, 2.75) is 12.6 Å². The number of benzene rings is 2. The molecule has 3 aromatic rings. The van der Waals surface area contributed by atoms with Gasteiger partial charge in [-0.3, -0.25) is 4.52 Å². The van der Waals surface area contributed by atoms with Crippen LogP contribution in [0.5, 0.6) is 0 Å². The highest BCUT2D eigenvalue weighted by Crippen LogP contribution is 2.20. The van der Waals surface area contributed by atoms with E-state index in [1.165, 1.54) is 4.68 Å². The molecule has 0 saturated carbocycles. The molecule has 0 amide bonds. The first-order chi connectivity index (χ1) is 12.3. The summed E-state index contributed by atoms with van der Waals surface area (Å²) >= 11 is 0. The molecule has 2 aromatic carbocycles. The second-order valence-corrected chi connectivity index (χ2v) is 5.30. The molecule has 0 radical (unpaired) electrons. The Balaban J connectivity index is 1.88. The summed E-state index contributed by atoms with van der Waals surface area (Å²) in [6, 6.07) is 18.8. The van der Waals surface area contributed by atoms with E-state index in [0.29, 0.717) is 5.69 Å². The van der Waals surface area contributed by atoms with E-state index in [2.05, 4.69) is 15.7 Å². The maximum Gasteiger partial charge on any atom is 0.346 e. The molecule has 3 rings (SSSR count). The van der Waals surface area contributed by atoms with Crippen LogP contribution in [-0.4, -0.2) is 10.4 Å². The van der Waals surface area contributed by atoms with Gasteiger partial charge in [0.15, 0.2) is 0 Å². The van der Waals surface area contributed by atoms with Gasteiger partial charge in [-0.25, -0.2) is 5.28 Å². The molecule has 7 heteroatoms. The molecular weight excluding hydrogens is 320 g/mol. The lowest BCUT2D eigenvalue weighted by molar-refractivity contribution is -0.769. The third-order valence-corrected chi connectivity index (χ3v) is 3.62. The predicted molar refractivity (Wildman–Crippen MR) is 91.4 cm³/mol. The van der Waals surface area contributed by atoms with Crippen molar-refractivity contribution in [1.82, 2.24) is 5.27 Å². The highest BCUT2D eigenvalue weighted by molar-refractivity contribution is 5.69. The first kappa shape index (κ1) is 16.5. The molecule has 25 heavy (non-hydrogen) atoms. The molecular formula is C18H16N4O3. The molecule has 1 atom stereocenters. The highest BCUT2D eigenvalue weighted by Gasteiger charge is 2.25. The van der Waals surface area contributed by atoms with Crippen molar-refractivity contribution >= 4 is 18.0 Å². The van der Waals surface area contributed by atoms with Crippen LogP contribution in [-0.2, 0) is 6.54 Å². The van der Waals surface area contributed by atoms with Crippen molar-refractivity contribution in [3.8, 4) is 0 Å². The topological polar surface area (TPSA) is 97.9 Å². The molecule has 0 fully saturated rings. The summed E-state index contributed by atoms with van der Waals surface area (Å²) in [5.74, 6) is -0.0116. The van der Waals surface area contributed by atoms with Gasteiger partial charge in [0.05, 0.1) is 0 Å². The van der Waals surface area contributed by atoms with Crippen LogP contribution in [0, 0.1) is 5.21 Å². The summed E-state index contributed by atoms with van der Waals surface area (Å²) in [5.41, 5.74) is 2.16. The number of hydrogen-bond acceptors (Lipinski definition) is 6. The molecule has 0 aliphatic rings. The van der Waals surface area contributed by atoms with Crippen LogP contribution in [0.15, 0.2) is 75.6 Å². The van der Waals surface area contributed by atoms with Gasteiger partial charge in [-0.2, -0.15) is 0 Å². The SMILES string of the molecule is [O-]/N=N/c1on[n+](CC(O)c2ccccc2)c1/C=C/c1ccccc1. The van der Waals surface area contributed by atoms with Crippen molar-refractivity contribution in [2.24, 2.45) is 10.4 Å². The van der Waals surface area contributed by atoms with Crippen molar-refractivity contribution < 1.29 is 14.3 Å². The lowest BCUT2D eigenvalue weighted by Gasteiger charge is -2.04. The van der Waals surface area contributed by atoms with E-state index < -0.39 is 6.10 Å². The summed E-state index contributed by atoms with van der Waals surface area (Å²) in [6.07, 6.45) is 2.77. The van der Waals surface area contributed by atoms with E-state index in [0.717, 1.165) is 11.1 Å². The number of aromatic nitrogens is 2. The summed E-state index contributed by atoms with van der Waals surface area (Å²) < 4.78 is 6.50. The Hall–Kier alpha value is -3.32. The summed E-state index contributed by atoms with van der Waals surface area (Å²) in [6.45, 7) is 0.149. The van der Waals surface area contributed by atoms with Crippen LogP contribution < -0.4 is 4.68 Å². The molecule has 126 valence electrons. The Morgan fingerprint density at radius 1 is 1.08 bits per heavy atom. The molecule has 7 nitrogen and oxygen atoms in total. The molecule has 1 N–H and O–H groups in total. The molecule has 1 aromatic heterocycles. The van der Waals surface area contributed by atoms with Crippen LogP contribution in [0.25, 0.3) is 12.2 Å². The van der Waals surface area contributed by atoms with E-state index in [-0.39, 0.29) is 12.4 Å². The highest BCUT2D eigenvalue weighted by atomic mass is 16.5. The molecule has 0 aliphatic heterocycles. The van der Waals surface area contributed by atoms with Crippen LogP contribution in [0.3, 0.4) is 0 Å². The first-order valence-electron chi connectivity index (χ1n) is 7.67. The van der Waals surface area contributed by atoms with Gasteiger partial charge in [0, 0.05) is 6.08 Å². The zero-order valence-electron chi connectivity index (χ0n) is 13.3. The second-order valence-electron chi connectivity index (χ2n) is 5.30. The lowest BCUT2D eigenvalue weighted by atomic mass is 10.1. The van der Waals surface area contributed by atoms with Crippen LogP contribution in [0.1, 0.15) is 22.9 Å². The summed E-state index contributed by atoms with van der Waals surface area (Å²) in [7, 11) is 0. The maximum absolute atomic E-state index is 10.5. The molecule has 1 heterocycles. The normalized spacial score (nSPS) is 12.8. The molecule has 0 saturated heterocycles. The smallest absolute Gasteiger partial charge is 0.346 e. The monoisotopic (exact) mass is 336 g/mol. The fourth-order valence-electron chi connectivity index (χ4n) is 2.37. The minimum absolute atomic E-state index is 0.0116. The number of hydrogen-bond donors (Lipinski definition) is 1. The number of aliphatic hydroxyl groups excluding tert-OH is 1. The number of nitrogens with zero attached hydrogens (tertiary/aromatic N) is 4. The Kier molecular flexibility index (Phi) is 5.28. The van der Waals surface area contributed by atoms with Crippen molar-refractivity contribution in [3.63, 3.8) is 0 Å². The average Bonchev–Trinajstić information content (AvgIpc) is 3.03. The minimum Gasteiger partial charge on any atom is -0.775 e. The fraction of sp³-hybridized carbons (Fsp3) is 0.111. The Labute approximate surface area is 144 Å². The van der Waals surface area contributed by atoms with Crippen molar-refractivity contribution in [3.05, 3.63) is 82.7 Å². The molecule has 0 spiro atoms. The third-order valence-electron chi connectivity index (χ3n) is 3.62. The van der Waals surface area contributed by atoms with Gasteiger partial charge in [-0.15, -0.1) is 5.11 Å². The van der Waals surface area contributed by atoms with Gasteiger partial charge in [0.2, 0.25) is 11.8 Å². The van der Waals surface area contributed by atoms with E-state index in [1.54, 1.807) is 6.08 Å². The standard InChI is InChI=1S/C18H16N4O3/c23-17(15-9-5-2-6-10-15)13-22-16(18(19-20-24)25-21-22)12-11-14-7-3-1-4-8-14/h1-12,17,23H,13H2/b12-11+. The fourth-order valence-corrected chi connectivity index (χ4v) is 2.37. The lowest BCUT2D eigenvalue weighted by Crippen LogP contribution is -2.40. The van der Waals surface area contributed by atoms with Gasteiger partial charge in [-0.1, -0.05) is 60.7 Å². The quantitative estimate of drug-likeness (QED) is 0.423. The summed E-state index contributed by atoms with van der Waals surface area (Å²) in [4.78, 5) is 0. The zero-order valence-corrected chi connectivity index (χ0v) is 13.3. The van der Waals surface area contributed by atoms with E-state index >= 15 is 0 Å². The Morgan fingerprint density at radius 2 is 1.76 bits per heavy atom. The number of aliphatic hydroxyl groups is 1. The van der Waals surface area contributed by atoms with E-state index in [4.69, 9.17) is 4.52 Å². The Bertz CT molecular complexity index is 861. The third kappa shape index (κ3) is 4.15. The van der Waals surface area contributed by atoms with Crippen LogP contribution >= 0.6 is 0 Å². The van der Waals surface area contributed by atoms with Gasteiger partial charge < -0.3 is 10.3 Å².